The van der Waals surface area contributed by atoms with Crippen molar-refractivity contribution in [2.45, 2.75) is 59.7 Å². The van der Waals surface area contributed by atoms with Crippen molar-refractivity contribution in [3.8, 4) is 17.2 Å². The average Bonchev–Trinajstić information content (AvgIpc) is 2.93. The Hall–Kier alpha value is -5.39. The number of phenols is 3. The van der Waals surface area contributed by atoms with Crippen LogP contribution in [0.3, 0.4) is 0 Å². The van der Waals surface area contributed by atoms with Crippen molar-refractivity contribution in [3.05, 3.63) is 76.9 Å². The van der Waals surface area contributed by atoms with Crippen LogP contribution >= 0.6 is 0 Å². The Morgan fingerprint density at radius 2 is 1.07 bits per heavy atom. The fraction of sp³-hybridized carbons (Fsp3) is 0.324. The van der Waals surface area contributed by atoms with Gasteiger partial charge in [-0.1, -0.05) is 11.6 Å². The van der Waals surface area contributed by atoms with Gasteiger partial charge in [0.15, 0.2) is 6.29 Å². The van der Waals surface area contributed by atoms with Crippen LogP contribution in [0.1, 0.15) is 68.6 Å². The molecule has 0 saturated carbocycles. The molecule has 3 aromatic rings. The summed E-state index contributed by atoms with van der Waals surface area (Å²) in [7, 11) is 0. The number of anilines is 2. The third-order valence-electron chi connectivity index (χ3n) is 5.47. The summed E-state index contributed by atoms with van der Waals surface area (Å²) in [6.07, 6.45) is 2.46. The molecule has 0 atom stereocenters. The molecule has 0 unspecified atom stereocenters. The highest BCUT2D eigenvalue weighted by Gasteiger charge is 2.17. The summed E-state index contributed by atoms with van der Waals surface area (Å²) in [6.45, 7) is 13.4. The molecular formula is C34H42N4O8. The predicted molar refractivity (Wildman–Crippen MR) is 179 cm³/mol. The van der Waals surface area contributed by atoms with Crippen LogP contribution < -0.4 is 10.6 Å². The summed E-state index contributed by atoms with van der Waals surface area (Å²) in [5.74, 6) is 0.105. The van der Waals surface area contributed by atoms with Gasteiger partial charge in [0.25, 0.3) is 0 Å². The van der Waals surface area contributed by atoms with Gasteiger partial charge in [-0.3, -0.25) is 25.4 Å². The summed E-state index contributed by atoms with van der Waals surface area (Å²) in [5, 5.41) is 34.1. The second-order valence-electron chi connectivity index (χ2n) is 12.1. The van der Waals surface area contributed by atoms with Crippen LogP contribution in [0.2, 0.25) is 0 Å². The van der Waals surface area contributed by atoms with Crippen LogP contribution in [0.5, 0.6) is 17.2 Å². The van der Waals surface area contributed by atoms with E-state index in [1.54, 1.807) is 66.0 Å². The Morgan fingerprint density at radius 1 is 0.674 bits per heavy atom. The Kier molecular flexibility index (Phi) is 13.3. The number of aliphatic imine (C=N–C) groups is 2. The van der Waals surface area contributed by atoms with Crippen LogP contribution in [0.25, 0.3) is 0 Å². The maximum atomic E-state index is 11.9. The summed E-state index contributed by atoms with van der Waals surface area (Å²) in [6, 6.07) is 14.2. The van der Waals surface area contributed by atoms with Gasteiger partial charge in [0.2, 0.25) is 0 Å². The number of nitrogens with one attached hydrogen (secondary N) is 2. The molecule has 12 heteroatoms. The van der Waals surface area contributed by atoms with Crippen LogP contribution in [0.4, 0.5) is 21.0 Å². The lowest BCUT2D eigenvalue weighted by atomic mass is 10.1. The zero-order valence-corrected chi connectivity index (χ0v) is 27.1. The van der Waals surface area contributed by atoms with Gasteiger partial charge in [0.1, 0.15) is 28.5 Å². The second kappa shape index (κ2) is 16.6. The number of ether oxygens (including phenoxy) is 2. The fourth-order valence-corrected chi connectivity index (χ4v) is 3.52. The van der Waals surface area contributed by atoms with Crippen molar-refractivity contribution in [1.82, 2.24) is 0 Å². The molecule has 246 valence electrons. The topological polar surface area (TPSA) is 179 Å². The number of nitrogens with zero attached hydrogens (tertiary/aromatic N) is 2. The molecule has 0 fully saturated rings. The molecular weight excluding hydrogens is 592 g/mol. The molecule has 2 amide bonds. The van der Waals surface area contributed by atoms with E-state index >= 15 is 0 Å². The van der Waals surface area contributed by atoms with E-state index in [1.807, 2.05) is 19.1 Å². The smallest absolute Gasteiger partial charge is 0.412 e. The van der Waals surface area contributed by atoms with Gasteiger partial charge < -0.3 is 24.8 Å². The monoisotopic (exact) mass is 634 g/mol. The minimum absolute atomic E-state index is 0.0525. The first-order chi connectivity index (χ1) is 21.5. The first-order valence-corrected chi connectivity index (χ1v) is 14.4. The number of carbonyl (C=O) groups is 3. The molecule has 3 rings (SSSR count). The third kappa shape index (κ3) is 13.9. The summed E-state index contributed by atoms with van der Waals surface area (Å²) < 4.78 is 10.3. The standard InChI is InChI=1S/C22H27N3O4.C12H15NO4/c1-15-5-7-19(26)16(11-15)13-23-9-10-24-14-17-12-18(6-8-20(17)27)25-21(28)29-22(2,3)4;1-12(2,3)17-11(16)13-9-4-5-10(15)8(6-9)7-14/h5-8,11-14,26-27H,9-10H2,1-4H3,(H,25,28);4-7,15H,1-3H3,(H,13,16). The highest BCUT2D eigenvalue weighted by atomic mass is 16.6. The Morgan fingerprint density at radius 3 is 1.50 bits per heavy atom. The molecule has 0 heterocycles. The second-order valence-corrected chi connectivity index (χ2v) is 12.1. The van der Waals surface area contributed by atoms with Crippen molar-refractivity contribution in [3.63, 3.8) is 0 Å². The number of amides is 2. The number of carbonyl (C=O) groups excluding carboxylic acids is 3. The largest absolute Gasteiger partial charge is 0.507 e. The SMILES string of the molecule is CC(C)(C)OC(=O)Nc1ccc(O)c(C=O)c1.Cc1ccc(O)c(C=NCCN=Cc2cc(NC(=O)OC(C)(C)C)ccc2O)c1. The average molecular weight is 635 g/mol. The molecule has 0 radical (unpaired) electrons. The van der Waals surface area contributed by atoms with Gasteiger partial charge in [0, 0.05) is 34.9 Å². The maximum Gasteiger partial charge on any atom is 0.412 e. The maximum absolute atomic E-state index is 11.9. The first kappa shape index (κ1) is 36.8. The van der Waals surface area contributed by atoms with E-state index < -0.39 is 23.4 Å². The summed E-state index contributed by atoms with van der Waals surface area (Å²) >= 11 is 0. The number of aromatic hydroxyl groups is 3. The molecule has 0 aliphatic carbocycles. The summed E-state index contributed by atoms with van der Waals surface area (Å²) in [4.78, 5) is 42.4. The quantitative estimate of drug-likeness (QED) is 0.0773. The van der Waals surface area contributed by atoms with Gasteiger partial charge in [0.05, 0.1) is 18.7 Å². The predicted octanol–water partition coefficient (Wildman–Crippen LogP) is 6.84. The van der Waals surface area contributed by atoms with Crippen molar-refractivity contribution in [2.24, 2.45) is 9.98 Å². The summed E-state index contributed by atoms with van der Waals surface area (Å²) in [5.41, 5.74) is 1.98. The van der Waals surface area contributed by atoms with Gasteiger partial charge in [-0.25, -0.2) is 9.59 Å². The molecule has 0 aliphatic heterocycles. The van der Waals surface area contributed by atoms with Gasteiger partial charge in [-0.05, 0) is 97.0 Å². The van der Waals surface area contributed by atoms with Crippen molar-refractivity contribution < 1.29 is 39.2 Å². The molecule has 0 bridgehead atoms. The zero-order valence-electron chi connectivity index (χ0n) is 27.1. The highest BCUT2D eigenvalue weighted by Crippen LogP contribution is 2.22. The van der Waals surface area contributed by atoms with E-state index in [4.69, 9.17) is 9.47 Å². The van der Waals surface area contributed by atoms with Crippen LogP contribution in [0, 0.1) is 6.92 Å². The Balaban J connectivity index is 0.000000368. The van der Waals surface area contributed by atoms with E-state index in [0.717, 1.165) is 5.56 Å². The van der Waals surface area contributed by atoms with Crippen LogP contribution in [-0.4, -0.2) is 70.5 Å². The third-order valence-corrected chi connectivity index (χ3v) is 5.47. The van der Waals surface area contributed by atoms with E-state index in [0.29, 0.717) is 41.9 Å². The molecule has 46 heavy (non-hydrogen) atoms. The number of aryl methyl sites for hydroxylation is 1. The number of aldehydes is 1. The lowest BCUT2D eigenvalue weighted by Gasteiger charge is -2.19. The van der Waals surface area contributed by atoms with E-state index in [-0.39, 0.29) is 22.8 Å². The lowest BCUT2D eigenvalue weighted by molar-refractivity contribution is 0.0624. The number of benzene rings is 3. The van der Waals surface area contributed by atoms with E-state index in [1.165, 1.54) is 30.5 Å². The normalized spacial score (nSPS) is 11.5. The highest BCUT2D eigenvalue weighted by molar-refractivity contribution is 5.90. The molecule has 0 saturated heterocycles. The first-order valence-electron chi connectivity index (χ1n) is 14.4. The zero-order chi connectivity index (χ0) is 34.5. The van der Waals surface area contributed by atoms with Crippen molar-refractivity contribution in [2.75, 3.05) is 23.7 Å². The minimum atomic E-state index is -0.611. The van der Waals surface area contributed by atoms with Crippen molar-refractivity contribution >= 4 is 42.3 Å². The molecule has 12 nitrogen and oxygen atoms in total. The molecule has 5 N–H and O–H groups in total. The van der Waals surface area contributed by atoms with Crippen LogP contribution in [-0.2, 0) is 9.47 Å². The van der Waals surface area contributed by atoms with Gasteiger partial charge in [-0.15, -0.1) is 0 Å². The molecule has 3 aromatic carbocycles. The van der Waals surface area contributed by atoms with Gasteiger partial charge >= 0.3 is 12.2 Å². The molecule has 0 spiro atoms. The minimum Gasteiger partial charge on any atom is -0.507 e. The van der Waals surface area contributed by atoms with E-state index in [2.05, 4.69) is 20.6 Å². The van der Waals surface area contributed by atoms with E-state index in [9.17, 15) is 29.7 Å². The lowest BCUT2D eigenvalue weighted by Crippen LogP contribution is -2.27. The molecule has 0 aliphatic rings. The molecule has 0 aromatic heterocycles. The number of phenolic OH excluding ortho intramolecular Hbond substituents is 3. The Bertz CT molecular complexity index is 1570. The number of rotatable bonds is 8. The van der Waals surface area contributed by atoms with Gasteiger partial charge in [-0.2, -0.15) is 0 Å². The fourth-order valence-electron chi connectivity index (χ4n) is 3.52. The van der Waals surface area contributed by atoms with Crippen LogP contribution in [0.15, 0.2) is 64.6 Å². The number of hydrogen-bond acceptors (Lipinski definition) is 10. The number of hydrogen-bond donors (Lipinski definition) is 5. The Labute approximate surface area is 268 Å². The van der Waals surface area contributed by atoms with Crippen molar-refractivity contribution in [1.29, 1.82) is 0 Å².